The minimum Gasteiger partial charge on any atom is -0.469 e. The van der Waals surface area contributed by atoms with Crippen molar-refractivity contribution in [3.05, 3.63) is 11.7 Å². The molecule has 1 unspecified atom stereocenters. The molecule has 1 N–H and O–H groups in total. The van der Waals surface area contributed by atoms with Crippen molar-refractivity contribution in [3.63, 3.8) is 0 Å². The van der Waals surface area contributed by atoms with E-state index in [0.29, 0.717) is 24.7 Å². The van der Waals surface area contributed by atoms with E-state index < -0.39 is 0 Å². The molecule has 0 bridgehead atoms. The number of urea groups is 1. The Labute approximate surface area is 140 Å². The first-order valence-electron chi connectivity index (χ1n) is 8.50. The van der Waals surface area contributed by atoms with Crippen LogP contribution in [0.4, 0.5) is 4.79 Å². The SMILES string of the molecule is COC(=O)[C@H]1CC[C@@H](NC(=O)N2CCCC(c3nc(C)no3)C2)C1. The van der Waals surface area contributed by atoms with E-state index in [1.807, 2.05) is 0 Å². The van der Waals surface area contributed by atoms with Gasteiger partial charge in [-0.25, -0.2) is 4.79 Å². The number of hydrogen-bond acceptors (Lipinski definition) is 6. The Morgan fingerprint density at radius 3 is 2.88 bits per heavy atom. The summed E-state index contributed by atoms with van der Waals surface area (Å²) in [7, 11) is 1.40. The van der Waals surface area contributed by atoms with Crippen LogP contribution < -0.4 is 5.32 Å². The maximum Gasteiger partial charge on any atom is 0.317 e. The molecular weight excluding hydrogens is 312 g/mol. The van der Waals surface area contributed by atoms with Gasteiger partial charge in [0, 0.05) is 19.1 Å². The molecule has 0 radical (unpaired) electrons. The number of aryl methyl sites for hydroxylation is 1. The van der Waals surface area contributed by atoms with Gasteiger partial charge in [-0.15, -0.1) is 0 Å². The number of rotatable bonds is 3. The summed E-state index contributed by atoms with van der Waals surface area (Å²) >= 11 is 0. The van der Waals surface area contributed by atoms with Crippen molar-refractivity contribution in [1.29, 1.82) is 0 Å². The summed E-state index contributed by atoms with van der Waals surface area (Å²) in [6.45, 7) is 3.10. The first-order valence-corrected chi connectivity index (χ1v) is 8.50. The number of methoxy groups -OCH3 is 1. The zero-order valence-corrected chi connectivity index (χ0v) is 14.2. The maximum absolute atomic E-state index is 12.5. The van der Waals surface area contributed by atoms with Crippen molar-refractivity contribution >= 4 is 12.0 Å². The molecule has 1 aromatic rings. The number of carbonyl (C=O) groups is 2. The van der Waals surface area contributed by atoms with Crippen LogP contribution >= 0.6 is 0 Å². The van der Waals surface area contributed by atoms with E-state index in [1.165, 1.54) is 7.11 Å². The molecule has 3 atom stereocenters. The minimum atomic E-state index is -0.184. The molecule has 1 saturated carbocycles. The molecule has 1 saturated heterocycles. The summed E-state index contributed by atoms with van der Waals surface area (Å²) in [6, 6.07) is -0.0425. The van der Waals surface area contributed by atoms with E-state index >= 15 is 0 Å². The first-order chi connectivity index (χ1) is 11.6. The van der Waals surface area contributed by atoms with E-state index in [4.69, 9.17) is 9.26 Å². The molecule has 2 fully saturated rings. The monoisotopic (exact) mass is 336 g/mol. The van der Waals surface area contributed by atoms with Crippen LogP contribution in [0.2, 0.25) is 0 Å². The average Bonchev–Trinajstić information content (AvgIpc) is 3.23. The van der Waals surface area contributed by atoms with Crippen LogP contribution in [0.15, 0.2) is 4.52 Å². The second-order valence-electron chi connectivity index (χ2n) is 6.64. The molecule has 1 aliphatic carbocycles. The number of likely N-dealkylation sites (tertiary alicyclic amines) is 1. The summed E-state index contributed by atoms with van der Waals surface area (Å²) < 4.78 is 10.0. The highest BCUT2D eigenvalue weighted by Gasteiger charge is 2.34. The minimum absolute atomic E-state index is 0.0348. The van der Waals surface area contributed by atoms with Crippen LogP contribution in [0.1, 0.15) is 49.7 Å². The normalized spacial score (nSPS) is 27.1. The summed E-state index contributed by atoms with van der Waals surface area (Å²) in [4.78, 5) is 30.2. The van der Waals surface area contributed by atoms with Crippen molar-refractivity contribution in [2.45, 2.75) is 51.0 Å². The van der Waals surface area contributed by atoms with E-state index in [9.17, 15) is 9.59 Å². The van der Waals surface area contributed by atoms with E-state index in [1.54, 1.807) is 11.8 Å². The number of piperidine rings is 1. The third-order valence-corrected chi connectivity index (χ3v) is 4.90. The van der Waals surface area contributed by atoms with Crippen molar-refractivity contribution in [2.75, 3.05) is 20.2 Å². The molecular formula is C16H24N4O4. The molecule has 2 amide bonds. The number of nitrogens with zero attached hydrogens (tertiary/aromatic N) is 3. The predicted molar refractivity (Wildman–Crippen MR) is 84.3 cm³/mol. The molecule has 1 aliphatic heterocycles. The average molecular weight is 336 g/mol. The fourth-order valence-electron chi connectivity index (χ4n) is 3.60. The Bertz CT molecular complexity index is 603. The van der Waals surface area contributed by atoms with Gasteiger partial charge >= 0.3 is 12.0 Å². The number of hydrogen-bond donors (Lipinski definition) is 1. The molecule has 0 aromatic carbocycles. The zero-order chi connectivity index (χ0) is 17.1. The summed E-state index contributed by atoms with van der Waals surface area (Å²) in [6.07, 6.45) is 4.08. The van der Waals surface area contributed by atoms with Crippen molar-refractivity contribution in [2.24, 2.45) is 5.92 Å². The number of nitrogens with one attached hydrogen (secondary N) is 1. The highest BCUT2D eigenvalue weighted by Crippen LogP contribution is 2.28. The second-order valence-corrected chi connectivity index (χ2v) is 6.64. The van der Waals surface area contributed by atoms with Crippen LogP contribution in [0.25, 0.3) is 0 Å². The zero-order valence-electron chi connectivity index (χ0n) is 14.2. The Balaban J connectivity index is 1.52. The van der Waals surface area contributed by atoms with Gasteiger partial charge in [-0.05, 0) is 39.0 Å². The largest absolute Gasteiger partial charge is 0.469 e. The number of amides is 2. The molecule has 8 heteroatoms. The highest BCUT2D eigenvalue weighted by molar-refractivity contribution is 5.76. The van der Waals surface area contributed by atoms with Crippen molar-refractivity contribution in [3.8, 4) is 0 Å². The van der Waals surface area contributed by atoms with Gasteiger partial charge in [-0.3, -0.25) is 4.79 Å². The van der Waals surface area contributed by atoms with Gasteiger partial charge in [0.1, 0.15) is 0 Å². The fourth-order valence-corrected chi connectivity index (χ4v) is 3.60. The van der Waals surface area contributed by atoms with Gasteiger partial charge in [-0.1, -0.05) is 5.16 Å². The Morgan fingerprint density at radius 1 is 1.33 bits per heavy atom. The third-order valence-electron chi connectivity index (χ3n) is 4.90. The van der Waals surface area contributed by atoms with Gasteiger partial charge in [0.15, 0.2) is 5.82 Å². The molecule has 2 heterocycles. The lowest BCUT2D eigenvalue weighted by Gasteiger charge is -2.32. The highest BCUT2D eigenvalue weighted by atomic mass is 16.5. The molecule has 1 aromatic heterocycles. The van der Waals surface area contributed by atoms with Gasteiger partial charge in [-0.2, -0.15) is 4.98 Å². The van der Waals surface area contributed by atoms with Crippen LogP contribution in [-0.4, -0.2) is 53.3 Å². The Hall–Kier alpha value is -2.12. The van der Waals surface area contributed by atoms with E-state index in [0.717, 1.165) is 32.2 Å². The number of ether oxygens (including phenoxy) is 1. The second kappa shape index (κ2) is 7.19. The quantitative estimate of drug-likeness (QED) is 0.842. The van der Waals surface area contributed by atoms with Crippen LogP contribution in [0, 0.1) is 12.8 Å². The van der Waals surface area contributed by atoms with Gasteiger partial charge < -0.3 is 19.5 Å². The lowest BCUT2D eigenvalue weighted by Crippen LogP contribution is -2.47. The summed E-state index contributed by atoms with van der Waals surface area (Å²) in [5.74, 6) is 1.03. The lowest BCUT2D eigenvalue weighted by atomic mass is 9.98. The van der Waals surface area contributed by atoms with E-state index in [2.05, 4.69) is 15.5 Å². The summed E-state index contributed by atoms with van der Waals surface area (Å²) in [5.41, 5.74) is 0. The van der Waals surface area contributed by atoms with Crippen LogP contribution in [-0.2, 0) is 9.53 Å². The first kappa shape index (κ1) is 16.7. The third kappa shape index (κ3) is 3.68. The lowest BCUT2D eigenvalue weighted by molar-refractivity contribution is -0.145. The van der Waals surface area contributed by atoms with Gasteiger partial charge in [0.2, 0.25) is 5.89 Å². The topological polar surface area (TPSA) is 97.6 Å². The number of esters is 1. The Morgan fingerprint density at radius 2 is 2.17 bits per heavy atom. The molecule has 8 nitrogen and oxygen atoms in total. The Kier molecular flexibility index (Phi) is 5.01. The fraction of sp³-hybridized carbons (Fsp3) is 0.750. The van der Waals surface area contributed by atoms with Gasteiger partial charge in [0.25, 0.3) is 0 Å². The van der Waals surface area contributed by atoms with Crippen LogP contribution in [0.3, 0.4) is 0 Å². The molecule has 24 heavy (non-hydrogen) atoms. The van der Waals surface area contributed by atoms with Gasteiger partial charge in [0.05, 0.1) is 18.9 Å². The van der Waals surface area contributed by atoms with E-state index in [-0.39, 0.29) is 29.9 Å². The molecule has 3 rings (SSSR count). The molecule has 0 spiro atoms. The van der Waals surface area contributed by atoms with Crippen LogP contribution in [0.5, 0.6) is 0 Å². The molecule has 2 aliphatic rings. The predicted octanol–water partition coefficient (Wildman–Crippen LogP) is 1.61. The number of carbonyl (C=O) groups excluding carboxylic acids is 2. The standard InChI is InChI=1S/C16H24N4O4/c1-10-17-14(24-19-10)12-4-3-7-20(9-12)16(22)18-13-6-5-11(8-13)15(21)23-2/h11-13H,3-9H2,1-2H3,(H,18,22)/t11-,12?,13+/m0/s1. The maximum atomic E-state index is 12.5. The smallest absolute Gasteiger partial charge is 0.317 e. The van der Waals surface area contributed by atoms with Crippen molar-refractivity contribution in [1.82, 2.24) is 20.4 Å². The molecule has 132 valence electrons. The summed E-state index contributed by atoms with van der Waals surface area (Å²) in [5, 5.41) is 6.88. The number of aromatic nitrogens is 2. The van der Waals surface area contributed by atoms with Crippen molar-refractivity contribution < 1.29 is 18.8 Å².